The second-order valence-electron chi connectivity index (χ2n) is 8.57. The van der Waals surface area contributed by atoms with Gasteiger partial charge in [0.2, 0.25) is 0 Å². The summed E-state index contributed by atoms with van der Waals surface area (Å²) in [7, 11) is 3.90. The van der Waals surface area contributed by atoms with E-state index in [1.54, 1.807) is 0 Å². The number of aryl methyl sites for hydroxylation is 1. The quantitative estimate of drug-likeness (QED) is 0.557. The van der Waals surface area contributed by atoms with Crippen molar-refractivity contribution < 1.29 is 19.4 Å². The highest BCUT2D eigenvalue weighted by atomic mass is 16.5. The molecule has 0 saturated carbocycles. The average molecular weight is 445 g/mol. The molecule has 2 N–H and O–H groups in total. The number of anilines is 1. The second-order valence-corrected chi connectivity index (χ2v) is 8.57. The summed E-state index contributed by atoms with van der Waals surface area (Å²) in [5, 5.41) is 12.2. The Labute approximate surface area is 193 Å². The van der Waals surface area contributed by atoms with Crippen LogP contribution < -0.4 is 10.2 Å². The predicted molar refractivity (Wildman–Crippen MR) is 129 cm³/mol. The van der Waals surface area contributed by atoms with E-state index in [4.69, 9.17) is 4.74 Å². The summed E-state index contributed by atoms with van der Waals surface area (Å²) >= 11 is 0. The normalized spacial score (nSPS) is 13.1. The number of nitrogens with one attached hydrogen (secondary N) is 1. The van der Waals surface area contributed by atoms with Gasteiger partial charge in [-0.3, -0.25) is 0 Å². The minimum Gasteiger partial charge on any atom is -0.480 e. The largest absolute Gasteiger partial charge is 0.480 e. The predicted octanol–water partition coefficient (Wildman–Crippen LogP) is 4.60. The Morgan fingerprint density at radius 2 is 1.61 bits per heavy atom. The van der Waals surface area contributed by atoms with E-state index in [9.17, 15) is 14.7 Å². The van der Waals surface area contributed by atoms with E-state index in [0.717, 1.165) is 39.1 Å². The molecule has 0 fully saturated rings. The first kappa shape index (κ1) is 22.4. The van der Waals surface area contributed by atoms with Gasteiger partial charge in [-0.2, -0.15) is 0 Å². The number of carboxylic acids is 1. The van der Waals surface area contributed by atoms with E-state index in [0.29, 0.717) is 0 Å². The van der Waals surface area contributed by atoms with Crippen molar-refractivity contribution in [2.45, 2.75) is 25.3 Å². The van der Waals surface area contributed by atoms with Gasteiger partial charge in [-0.15, -0.1) is 0 Å². The highest BCUT2D eigenvalue weighted by Crippen LogP contribution is 2.44. The molecular weight excluding hydrogens is 416 g/mol. The van der Waals surface area contributed by atoms with Gasteiger partial charge in [-0.05, 0) is 52.4 Å². The molecule has 0 bridgehead atoms. The molecule has 0 saturated heterocycles. The summed E-state index contributed by atoms with van der Waals surface area (Å²) in [6.45, 7) is 2.08. The second kappa shape index (κ2) is 9.36. The molecule has 1 aliphatic carbocycles. The van der Waals surface area contributed by atoms with E-state index >= 15 is 0 Å². The number of ether oxygens (including phenoxy) is 1. The number of benzene rings is 3. The van der Waals surface area contributed by atoms with Crippen LogP contribution in [0.25, 0.3) is 11.1 Å². The molecule has 1 aliphatic rings. The molecule has 3 aromatic carbocycles. The van der Waals surface area contributed by atoms with Gasteiger partial charge in [-0.1, -0.05) is 54.6 Å². The van der Waals surface area contributed by atoms with Crippen LogP contribution in [0, 0.1) is 6.92 Å². The fraction of sp³-hybridized carbons (Fsp3) is 0.259. The molecule has 0 aromatic heterocycles. The Morgan fingerprint density at radius 3 is 2.15 bits per heavy atom. The zero-order chi connectivity index (χ0) is 23.5. The highest BCUT2D eigenvalue weighted by molar-refractivity contribution is 5.81. The Bertz CT molecular complexity index is 1140. The van der Waals surface area contributed by atoms with Crippen molar-refractivity contribution in [1.82, 2.24) is 5.32 Å². The van der Waals surface area contributed by atoms with Crippen LogP contribution in [0.1, 0.15) is 28.2 Å². The fourth-order valence-electron chi connectivity index (χ4n) is 4.39. The number of hydrogen-bond acceptors (Lipinski definition) is 4. The van der Waals surface area contributed by atoms with E-state index in [1.165, 1.54) is 0 Å². The number of hydrogen-bond donors (Lipinski definition) is 2. The summed E-state index contributed by atoms with van der Waals surface area (Å²) in [6, 6.07) is 20.9. The molecule has 6 heteroatoms. The maximum absolute atomic E-state index is 12.6. The molecule has 3 aromatic rings. The molecule has 0 spiro atoms. The lowest BCUT2D eigenvalue weighted by molar-refractivity contribution is -0.139. The molecule has 1 amide bonds. The van der Waals surface area contributed by atoms with Crippen molar-refractivity contribution in [2.75, 3.05) is 25.6 Å². The molecule has 170 valence electrons. The molecule has 6 nitrogen and oxygen atoms in total. The summed E-state index contributed by atoms with van der Waals surface area (Å²) < 4.78 is 5.52. The lowest BCUT2D eigenvalue weighted by atomic mass is 9.98. The van der Waals surface area contributed by atoms with E-state index in [1.807, 2.05) is 80.5 Å². The molecular formula is C27H28N2O4. The van der Waals surface area contributed by atoms with Crippen molar-refractivity contribution in [2.24, 2.45) is 0 Å². The van der Waals surface area contributed by atoms with Gasteiger partial charge in [0, 0.05) is 32.1 Å². The van der Waals surface area contributed by atoms with Crippen molar-refractivity contribution in [1.29, 1.82) is 0 Å². The number of fused-ring (bicyclic) bond motifs is 3. The van der Waals surface area contributed by atoms with E-state index in [2.05, 4.69) is 17.4 Å². The third-order valence-electron chi connectivity index (χ3n) is 6.20. The lowest BCUT2D eigenvalue weighted by Gasteiger charge is -2.19. The molecule has 0 aliphatic heterocycles. The first-order chi connectivity index (χ1) is 15.8. The number of amides is 1. The van der Waals surface area contributed by atoms with Crippen LogP contribution in [0.15, 0.2) is 66.7 Å². The van der Waals surface area contributed by atoms with Gasteiger partial charge < -0.3 is 20.1 Å². The zero-order valence-electron chi connectivity index (χ0n) is 19.0. The van der Waals surface area contributed by atoms with Gasteiger partial charge in [-0.25, -0.2) is 9.59 Å². The monoisotopic (exact) mass is 444 g/mol. The molecule has 0 radical (unpaired) electrons. The topological polar surface area (TPSA) is 78.9 Å². The van der Waals surface area contributed by atoms with Crippen molar-refractivity contribution in [3.63, 3.8) is 0 Å². The van der Waals surface area contributed by atoms with Crippen LogP contribution in [0.3, 0.4) is 0 Å². The van der Waals surface area contributed by atoms with Crippen LogP contribution >= 0.6 is 0 Å². The number of nitrogens with zero attached hydrogens (tertiary/aromatic N) is 1. The summed E-state index contributed by atoms with van der Waals surface area (Å²) in [5.74, 6) is -1.17. The third kappa shape index (κ3) is 4.70. The van der Waals surface area contributed by atoms with Crippen molar-refractivity contribution >= 4 is 17.7 Å². The fourth-order valence-corrected chi connectivity index (χ4v) is 4.39. The number of carbonyl (C=O) groups excluding carboxylic acids is 1. The minimum atomic E-state index is -1.10. The minimum absolute atomic E-state index is 0.0766. The average Bonchev–Trinajstić information content (AvgIpc) is 3.12. The Morgan fingerprint density at radius 1 is 1.00 bits per heavy atom. The van der Waals surface area contributed by atoms with Crippen LogP contribution in [-0.4, -0.2) is 43.9 Å². The van der Waals surface area contributed by atoms with Gasteiger partial charge in [0.1, 0.15) is 12.6 Å². The summed E-state index contributed by atoms with van der Waals surface area (Å²) in [4.78, 5) is 26.4. The molecule has 1 atom stereocenters. The number of rotatable bonds is 7. The molecule has 1 unspecified atom stereocenters. The Balaban J connectivity index is 1.43. The van der Waals surface area contributed by atoms with Gasteiger partial charge in [0.05, 0.1) is 0 Å². The SMILES string of the molecule is Cc1cc(N(C)C)ccc1CC(NC(=O)OCC1c2ccccc2-c2ccccc21)C(=O)O. The molecule has 4 rings (SSSR count). The Kier molecular flexibility index (Phi) is 6.36. The molecule has 33 heavy (non-hydrogen) atoms. The van der Waals surface area contributed by atoms with E-state index in [-0.39, 0.29) is 18.9 Å². The maximum Gasteiger partial charge on any atom is 0.407 e. The van der Waals surface area contributed by atoms with Crippen LogP contribution in [0.2, 0.25) is 0 Å². The number of alkyl carbamates (subject to hydrolysis) is 1. The Hall–Kier alpha value is -3.80. The van der Waals surface area contributed by atoms with Gasteiger partial charge in [0.25, 0.3) is 0 Å². The van der Waals surface area contributed by atoms with Gasteiger partial charge in [0.15, 0.2) is 0 Å². The number of carbonyl (C=O) groups is 2. The smallest absolute Gasteiger partial charge is 0.407 e. The van der Waals surface area contributed by atoms with Crippen molar-refractivity contribution in [3.05, 3.63) is 89.0 Å². The van der Waals surface area contributed by atoms with Crippen molar-refractivity contribution in [3.8, 4) is 11.1 Å². The standard InChI is InChI=1S/C27H28N2O4/c1-17-14-19(29(2)3)13-12-18(17)15-25(26(30)31)28-27(32)33-16-24-22-10-6-4-8-20(22)21-9-5-7-11-23(21)24/h4-14,24-25H,15-16H2,1-3H3,(H,28,32)(H,30,31). The maximum atomic E-state index is 12.6. The number of aliphatic carboxylic acids is 1. The van der Waals surface area contributed by atoms with Crippen LogP contribution in [0.4, 0.5) is 10.5 Å². The summed E-state index contributed by atoms with van der Waals surface area (Å²) in [6.07, 6.45) is -0.550. The highest BCUT2D eigenvalue weighted by Gasteiger charge is 2.30. The van der Waals surface area contributed by atoms with Crippen LogP contribution in [-0.2, 0) is 16.0 Å². The number of carboxylic acid groups (broad SMARTS) is 1. The third-order valence-corrected chi connectivity index (χ3v) is 6.20. The lowest BCUT2D eigenvalue weighted by Crippen LogP contribution is -2.43. The van der Waals surface area contributed by atoms with Gasteiger partial charge >= 0.3 is 12.1 Å². The first-order valence-electron chi connectivity index (χ1n) is 11.0. The zero-order valence-corrected chi connectivity index (χ0v) is 19.0. The first-order valence-corrected chi connectivity index (χ1v) is 11.0. The van der Waals surface area contributed by atoms with Crippen LogP contribution in [0.5, 0.6) is 0 Å². The summed E-state index contributed by atoms with van der Waals surface area (Å²) in [5.41, 5.74) is 7.38. The van der Waals surface area contributed by atoms with E-state index < -0.39 is 18.1 Å². The molecule has 0 heterocycles.